The minimum Gasteiger partial charge on any atom is -0.302 e. The molecule has 0 radical (unpaired) electrons. The van der Waals surface area contributed by atoms with E-state index < -0.39 is 0 Å². The molecular formula is C16H32N4. The number of hydrogen-bond acceptors (Lipinski definition) is 4. The van der Waals surface area contributed by atoms with Gasteiger partial charge in [-0.25, -0.2) is 0 Å². The lowest BCUT2D eigenvalue weighted by Gasteiger charge is -2.38. The van der Waals surface area contributed by atoms with Gasteiger partial charge in [0.25, 0.3) is 0 Å². The molecule has 1 aliphatic heterocycles. The van der Waals surface area contributed by atoms with E-state index in [-0.39, 0.29) is 5.54 Å². The molecule has 2 unspecified atom stereocenters. The van der Waals surface area contributed by atoms with Crippen molar-refractivity contribution in [3.63, 3.8) is 0 Å². The van der Waals surface area contributed by atoms with E-state index in [2.05, 4.69) is 42.0 Å². The third-order valence-corrected chi connectivity index (χ3v) is 5.00. The van der Waals surface area contributed by atoms with Crippen molar-refractivity contribution >= 4 is 0 Å². The van der Waals surface area contributed by atoms with Crippen LogP contribution in [0.3, 0.4) is 0 Å². The molecule has 1 rings (SSSR count). The summed E-state index contributed by atoms with van der Waals surface area (Å²) in [6.07, 6.45) is 4.17. The molecule has 116 valence electrons. The maximum atomic E-state index is 9.30. The Morgan fingerprint density at radius 1 is 1.25 bits per heavy atom. The summed E-state index contributed by atoms with van der Waals surface area (Å²) in [6, 6.07) is 3.16. The van der Waals surface area contributed by atoms with Gasteiger partial charge in [0, 0.05) is 32.2 Å². The second kappa shape index (κ2) is 8.61. The predicted octanol–water partition coefficient (Wildman–Crippen LogP) is 2.07. The van der Waals surface area contributed by atoms with E-state index in [1.54, 1.807) is 0 Å². The molecule has 1 heterocycles. The van der Waals surface area contributed by atoms with Gasteiger partial charge in [0.1, 0.15) is 5.54 Å². The molecule has 0 saturated carbocycles. The number of rotatable bonds is 8. The van der Waals surface area contributed by atoms with Gasteiger partial charge in [-0.2, -0.15) is 5.26 Å². The highest BCUT2D eigenvalue weighted by atomic mass is 15.3. The lowest BCUT2D eigenvalue weighted by atomic mass is 9.92. The minimum atomic E-state index is -0.321. The summed E-state index contributed by atoms with van der Waals surface area (Å²) in [5.41, 5.74) is -0.321. The SMILES string of the molecule is CCC(C)N1CCN(CCCC(C#N)(CC)NC)CC1. The monoisotopic (exact) mass is 280 g/mol. The summed E-state index contributed by atoms with van der Waals surface area (Å²) >= 11 is 0. The van der Waals surface area contributed by atoms with E-state index >= 15 is 0 Å². The Labute approximate surface area is 125 Å². The van der Waals surface area contributed by atoms with Crippen molar-refractivity contribution in [3.05, 3.63) is 0 Å². The van der Waals surface area contributed by atoms with Crippen molar-refractivity contribution in [1.29, 1.82) is 5.26 Å². The summed E-state index contributed by atoms with van der Waals surface area (Å²) in [7, 11) is 1.90. The molecule has 0 aromatic heterocycles. The van der Waals surface area contributed by atoms with E-state index in [1.165, 1.54) is 32.6 Å². The molecular weight excluding hydrogens is 248 g/mol. The maximum absolute atomic E-state index is 9.30. The van der Waals surface area contributed by atoms with Crippen LogP contribution in [0.15, 0.2) is 0 Å². The van der Waals surface area contributed by atoms with E-state index in [0.717, 1.165) is 25.8 Å². The van der Waals surface area contributed by atoms with Crippen molar-refractivity contribution in [2.45, 2.75) is 58.0 Å². The van der Waals surface area contributed by atoms with Crippen LogP contribution >= 0.6 is 0 Å². The Kier molecular flexibility index (Phi) is 7.50. The average Bonchev–Trinajstić information content (AvgIpc) is 2.52. The molecule has 2 atom stereocenters. The fraction of sp³-hybridized carbons (Fsp3) is 0.938. The highest BCUT2D eigenvalue weighted by Crippen LogP contribution is 2.17. The van der Waals surface area contributed by atoms with Crippen LogP contribution in [0.5, 0.6) is 0 Å². The van der Waals surface area contributed by atoms with Crippen molar-refractivity contribution in [2.75, 3.05) is 39.8 Å². The Morgan fingerprint density at radius 2 is 1.90 bits per heavy atom. The molecule has 0 aliphatic carbocycles. The van der Waals surface area contributed by atoms with Crippen LogP contribution in [0.1, 0.15) is 46.5 Å². The van der Waals surface area contributed by atoms with Crippen LogP contribution < -0.4 is 5.32 Å². The summed E-state index contributed by atoms with van der Waals surface area (Å²) in [4.78, 5) is 5.14. The van der Waals surface area contributed by atoms with Gasteiger partial charge >= 0.3 is 0 Å². The first kappa shape index (κ1) is 17.4. The van der Waals surface area contributed by atoms with Crippen LogP contribution in [0.4, 0.5) is 0 Å². The van der Waals surface area contributed by atoms with E-state index in [1.807, 2.05) is 7.05 Å². The van der Waals surface area contributed by atoms with Crippen molar-refractivity contribution in [1.82, 2.24) is 15.1 Å². The first-order valence-electron chi connectivity index (χ1n) is 8.17. The molecule has 0 aromatic carbocycles. The molecule has 4 nitrogen and oxygen atoms in total. The van der Waals surface area contributed by atoms with Gasteiger partial charge in [0.2, 0.25) is 0 Å². The topological polar surface area (TPSA) is 42.3 Å². The molecule has 1 aliphatic rings. The third kappa shape index (κ3) is 4.73. The van der Waals surface area contributed by atoms with Gasteiger partial charge in [0.05, 0.1) is 6.07 Å². The number of nitrogens with one attached hydrogen (secondary N) is 1. The normalized spacial score (nSPS) is 22.1. The van der Waals surface area contributed by atoms with Gasteiger partial charge in [-0.05, 0) is 46.2 Å². The molecule has 1 saturated heterocycles. The molecule has 1 fully saturated rings. The maximum Gasteiger partial charge on any atom is 0.106 e. The predicted molar refractivity (Wildman–Crippen MR) is 84.7 cm³/mol. The van der Waals surface area contributed by atoms with Crippen molar-refractivity contribution in [3.8, 4) is 6.07 Å². The van der Waals surface area contributed by atoms with E-state index in [4.69, 9.17) is 0 Å². The number of hydrogen-bond donors (Lipinski definition) is 1. The van der Waals surface area contributed by atoms with Crippen LogP contribution in [-0.2, 0) is 0 Å². The zero-order valence-corrected chi connectivity index (χ0v) is 13.8. The standard InChI is InChI=1S/C16H32N4/c1-5-15(3)20-12-10-19(11-13-20)9-7-8-16(6-2,14-17)18-4/h15,18H,5-13H2,1-4H3. The highest BCUT2D eigenvalue weighted by Gasteiger charge is 2.26. The molecule has 20 heavy (non-hydrogen) atoms. The second-order valence-corrected chi connectivity index (χ2v) is 6.04. The molecule has 1 N–H and O–H groups in total. The van der Waals surface area contributed by atoms with Crippen LogP contribution in [0, 0.1) is 11.3 Å². The summed E-state index contributed by atoms with van der Waals surface area (Å²) < 4.78 is 0. The molecule has 0 aromatic rings. The zero-order chi connectivity index (χ0) is 15.0. The van der Waals surface area contributed by atoms with Gasteiger partial charge in [-0.15, -0.1) is 0 Å². The van der Waals surface area contributed by atoms with Crippen LogP contribution in [-0.4, -0.2) is 61.2 Å². The Hall–Kier alpha value is -0.630. The fourth-order valence-corrected chi connectivity index (χ4v) is 2.96. The average molecular weight is 280 g/mol. The third-order valence-electron chi connectivity index (χ3n) is 5.00. The molecule has 4 heteroatoms. The molecule has 0 spiro atoms. The van der Waals surface area contributed by atoms with Gasteiger partial charge in [-0.3, -0.25) is 4.90 Å². The first-order chi connectivity index (χ1) is 9.60. The summed E-state index contributed by atoms with van der Waals surface area (Å²) in [5.74, 6) is 0. The second-order valence-electron chi connectivity index (χ2n) is 6.04. The van der Waals surface area contributed by atoms with Gasteiger partial charge in [0.15, 0.2) is 0 Å². The van der Waals surface area contributed by atoms with Crippen molar-refractivity contribution in [2.24, 2.45) is 0 Å². The Morgan fingerprint density at radius 3 is 2.35 bits per heavy atom. The quantitative estimate of drug-likeness (QED) is 0.739. The van der Waals surface area contributed by atoms with Gasteiger partial charge in [-0.1, -0.05) is 13.8 Å². The fourth-order valence-electron chi connectivity index (χ4n) is 2.96. The van der Waals surface area contributed by atoms with Gasteiger partial charge < -0.3 is 10.2 Å². The lowest BCUT2D eigenvalue weighted by molar-refractivity contribution is 0.0983. The summed E-state index contributed by atoms with van der Waals surface area (Å²) in [5, 5.41) is 12.5. The van der Waals surface area contributed by atoms with Crippen molar-refractivity contribution < 1.29 is 0 Å². The Bertz CT molecular complexity index is 298. The smallest absolute Gasteiger partial charge is 0.106 e. The lowest BCUT2D eigenvalue weighted by Crippen LogP contribution is -2.50. The molecule has 0 bridgehead atoms. The number of nitriles is 1. The summed E-state index contributed by atoms with van der Waals surface area (Å²) in [6.45, 7) is 12.5. The first-order valence-corrected chi connectivity index (χ1v) is 8.17. The highest BCUT2D eigenvalue weighted by molar-refractivity contribution is 5.05. The zero-order valence-electron chi connectivity index (χ0n) is 13.8. The van der Waals surface area contributed by atoms with E-state index in [9.17, 15) is 5.26 Å². The van der Waals surface area contributed by atoms with Crippen LogP contribution in [0.25, 0.3) is 0 Å². The number of nitrogens with zero attached hydrogens (tertiary/aromatic N) is 3. The number of piperazine rings is 1. The Balaban J connectivity index is 2.27. The van der Waals surface area contributed by atoms with Crippen LogP contribution in [0.2, 0.25) is 0 Å². The van der Waals surface area contributed by atoms with E-state index in [0.29, 0.717) is 6.04 Å². The molecule has 0 amide bonds. The minimum absolute atomic E-state index is 0.321. The largest absolute Gasteiger partial charge is 0.302 e.